The van der Waals surface area contributed by atoms with Crippen LogP contribution in [0.15, 0.2) is 72.9 Å². The van der Waals surface area contributed by atoms with Crippen LogP contribution in [0.2, 0.25) is 0 Å². The molecule has 0 unspecified atom stereocenters. The molecule has 1 fully saturated rings. The number of para-hydroxylation sites is 2. The molecule has 6 nitrogen and oxygen atoms in total. The van der Waals surface area contributed by atoms with E-state index >= 15 is 0 Å². The summed E-state index contributed by atoms with van der Waals surface area (Å²) < 4.78 is 6.63. The van der Waals surface area contributed by atoms with E-state index in [1.54, 1.807) is 18.2 Å². The molecular weight excluding hydrogens is 511 g/mol. The first-order valence-corrected chi connectivity index (χ1v) is 11.8. The molecule has 0 aliphatic carbocycles. The number of ether oxygens (including phenoxy) is 1. The third kappa shape index (κ3) is 5.39. The maximum atomic E-state index is 13.3. The quantitative estimate of drug-likeness (QED) is 0.423. The number of methoxy groups -OCH3 is 1. The second kappa shape index (κ2) is 10.8. The van der Waals surface area contributed by atoms with Crippen LogP contribution in [0.1, 0.15) is 10.4 Å². The predicted molar refractivity (Wildman–Crippen MR) is 137 cm³/mol. The fraction of sp³-hybridized carbons (Fsp3) is 0.280. The number of hydrogen-bond donors (Lipinski definition) is 0. The van der Waals surface area contributed by atoms with E-state index in [-0.39, 0.29) is 5.91 Å². The van der Waals surface area contributed by atoms with Gasteiger partial charge in [-0.05, 0) is 71.1 Å². The van der Waals surface area contributed by atoms with Crippen LogP contribution in [0.5, 0.6) is 5.75 Å². The number of amides is 1. The molecule has 166 valence electrons. The summed E-state index contributed by atoms with van der Waals surface area (Å²) in [7, 11) is 1.71. The SMILES string of the molecule is COc1ccccc1N1CCN(CCN(C(=O)c2ccc([123I])cc2)c2ccccn2)CC1. The summed E-state index contributed by atoms with van der Waals surface area (Å²) in [6, 6.07) is 21.5. The predicted octanol–water partition coefficient (Wildman–Crippen LogP) is 4.16. The number of halogens is 1. The van der Waals surface area contributed by atoms with Crippen molar-refractivity contribution in [3.63, 3.8) is 0 Å². The molecule has 0 radical (unpaired) electrons. The standard InChI is InChI=1S/C25H27IN4O2/c1-32-23-7-3-2-6-22(23)29-17-14-28(15-18-29)16-19-30(24-8-4-5-13-27-24)25(31)20-9-11-21(26)12-10-20/h2-13H,14-19H2,1H3/i26-4. The van der Waals surface area contributed by atoms with Crippen molar-refractivity contribution in [1.29, 1.82) is 0 Å². The summed E-state index contributed by atoms with van der Waals surface area (Å²) >= 11 is 2.25. The summed E-state index contributed by atoms with van der Waals surface area (Å²) in [5.74, 6) is 1.57. The molecule has 0 bridgehead atoms. The summed E-state index contributed by atoms with van der Waals surface area (Å²) in [5.41, 5.74) is 1.82. The maximum Gasteiger partial charge on any atom is 0.259 e. The van der Waals surface area contributed by atoms with Crippen molar-refractivity contribution < 1.29 is 9.53 Å². The van der Waals surface area contributed by atoms with Gasteiger partial charge in [-0.2, -0.15) is 0 Å². The topological polar surface area (TPSA) is 48.9 Å². The highest BCUT2D eigenvalue weighted by molar-refractivity contribution is 14.1. The Hall–Kier alpha value is -2.65. The summed E-state index contributed by atoms with van der Waals surface area (Å²) in [4.78, 5) is 24.3. The second-order valence-corrected chi connectivity index (χ2v) is 8.90. The lowest BCUT2D eigenvalue weighted by Crippen LogP contribution is -2.49. The Morgan fingerprint density at radius 3 is 2.41 bits per heavy atom. The third-order valence-electron chi connectivity index (χ3n) is 5.70. The maximum absolute atomic E-state index is 13.3. The van der Waals surface area contributed by atoms with E-state index in [0.717, 1.165) is 47.7 Å². The number of rotatable bonds is 7. The van der Waals surface area contributed by atoms with Gasteiger partial charge < -0.3 is 9.64 Å². The average Bonchev–Trinajstić information content (AvgIpc) is 2.85. The van der Waals surface area contributed by atoms with E-state index in [9.17, 15) is 4.79 Å². The van der Waals surface area contributed by atoms with Crippen molar-refractivity contribution in [2.75, 3.05) is 56.2 Å². The van der Waals surface area contributed by atoms with Crippen molar-refractivity contribution in [3.05, 3.63) is 82.1 Å². The molecule has 1 amide bonds. The molecule has 1 saturated heterocycles. The van der Waals surface area contributed by atoms with Crippen LogP contribution < -0.4 is 14.5 Å². The van der Waals surface area contributed by atoms with Gasteiger partial charge >= 0.3 is 0 Å². The first-order valence-electron chi connectivity index (χ1n) is 10.7. The van der Waals surface area contributed by atoms with E-state index in [1.165, 1.54) is 0 Å². The zero-order chi connectivity index (χ0) is 22.3. The number of nitrogens with zero attached hydrogens (tertiary/aromatic N) is 4. The molecule has 0 N–H and O–H groups in total. The molecule has 3 aromatic rings. The minimum absolute atomic E-state index is 0.0206. The van der Waals surface area contributed by atoms with Crippen LogP contribution >= 0.6 is 22.6 Å². The van der Waals surface area contributed by atoms with Crippen LogP contribution in [-0.4, -0.2) is 62.2 Å². The molecule has 0 saturated carbocycles. The lowest BCUT2D eigenvalue weighted by molar-refractivity contribution is 0.0982. The van der Waals surface area contributed by atoms with E-state index in [2.05, 4.69) is 43.4 Å². The lowest BCUT2D eigenvalue weighted by atomic mass is 10.2. The number of carbonyl (C=O) groups is 1. The summed E-state index contributed by atoms with van der Waals surface area (Å²) in [6.07, 6.45) is 1.73. The van der Waals surface area contributed by atoms with Gasteiger partial charge in [0.2, 0.25) is 0 Å². The number of benzene rings is 2. The Labute approximate surface area is 202 Å². The van der Waals surface area contributed by atoms with Crippen LogP contribution in [0.25, 0.3) is 0 Å². The first kappa shape index (κ1) is 22.5. The fourth-order valence-electron chi connectivity index (χ4n) is 3.93. The number of pyridine rings is 1. The smallest absolute Gasteiger partial charge is 0.259 e. The highest BCUT2D eigenvalue weighted by Gasteiger charge is 2.23. The molecule has 1 aromatic heterocycles. The van der Waals surface area contributed by atoms with Gasteiger partial charge in [-0.3, -0.25) is 14.6 Å². The number of piperazine rings is 1. The monoisotopic (exact) mass is 538 g/mol. The molecule has 7 heteroatoms. The zero-order valence-electron chi connectivity index (χ0n) is 18.2. The molecule has 1 aliphatic heterocycles. The van der Waals surface area contributed by atoms with Crippen LogP contribution in [0.4, 0.5) is 11.5 Å². The van der Waals surface area contributed by atoms with Crippen molar-refractivity contribution in [1.82, 2.24) is 9.88 Å². The summed E-state index contributed by atoms with van der Waals surface area (Å²) in [5, 5.41) is 0. The van der Waals surface area contributed by atoms with E-state index in [0.29, 0.717) is 17.9 Å². The van der Waals surface area contributed by atoms with Crippen LogP contribution in [-0.2, 0) is 0 Å². The molecular formula is C25H27IN4O2. The number of hydrogen-bond acceptors (Lipinski definition) is 5. The highest BCUT2D eigenvalue weighted by atomic mass is 123. The van der Waals surface area contributed by atoms with Crippen molar-refractivity contribution >= 4 is 40.0 Å². The van der Waals surface area contributed by atoms with Gasteiger partial charge in [0.15, 0.2) is 0 Å². The van der Waals surface area contributed by atoms with Gasteiger partial charge in [-0.1, -0.05) is 18.2 Å². The lowest BCUT2D eigenvalue weighted by Gasteiger charge is -2.37. The Bertz CT molecular complexity index is 1020. The third-order valence-corrected chi connectivity index (χ3v) is 6.42. The van der Waals surface area contributed by atoms with Crippen molar-refractivity contribution in [2.24, 2.45) is 0 Å². The van der Waals surface area contributed by atoms with Gasteiger partial charge in [-0.15, -0.1) is 0 Å². The molecule has 1 aliphatic rings. The molecule has 2 heterocycles. The van der Waals surface area contributed by atoms with E-state index in [1.807, 2.05) is 60.7 Å². The van der Waals surface area contributed by atoms with Gasteiger partial charge in [-0.25, -0.2) is 4.98 Å². The Balaban J connectivity index is 1.41. The molecule has 4 rings (SSSR count). The van der Waals surface area contributed by atoms with Crippen molar-refractivity contribution in [3.8, 4) is 5.75 Å². The van der Waals surface area contributed by atoms with Crippen LogP contribution in [0.3, 0.4) is 0 Å². The van der Waals surface area contributed by atoms with Gasteiger partial charge in [0.1, 0.15) is 11.6 Å². The number of aromatic nitrogens is 1. The number of anilines is 2. The molecule has 32 heavy (non-hydrogen) atoms. The van der Waals surface area contributed by atoms with Crippen molar-refractivity contribution in [2.45, 2.75) is 0 Å². The van der Waals surface area contributed by atoms with E-state index in [4.69, 9.17) is 4.74 Å². The Kier molecular flexibility index (Phi) is 7.59. The highest BCUT2D eigenvalue weighted by Crippen LogP contribution is 2.28. The van der Waals surface area contributed by atoms with E-state index < -0.39 is 0 Å². The van der Waals surface area contributed by atoms with Crippen LogP contribution in [0, 0.1) is 3.57 Å². The van der Waals surface area contributed by atoms with Gasteiger partial charge in [0.05, 0.1) is 12.8 Å². The second-order valence-electron chi connectivity index (χ2n) is 7.65. The molecule has 0 spiro atoms. The Morgan fingerprint density at radius 1 is 1.00 bits per heavy atom. The minimum Gasteiger partial charge on any atom is -0.495 e. The molecule has 0 atom stereocenters. The summed E-state index contributed by atoms with van der Waals surface area (Å²) in [6.45, 7) is 5.12. The normalized spacial score (nSPS) is 14.2. The molecule has 2 aromatic carbocycles. The van der Waals surface area contributed by atoms with Gasteiger partial charge in [0, 0.05) is 54.6 Å². The fourth-order valence-corrected chi connectivity index (χ4v) is 4.29. The van der Waals surface area contributed by atoms with Gasteiger partial charge in [0.25, 0.3) is 5.91 Å². The largest absolute Gasteiger partial charge is 0.495 e. The zero-order valence-corrected chi connectivity index (χ0v) is 20.3. The minimum atomic E-state index is -0.0206. The number of carbonyl (C=O) groups excluding carboxylic acids is 1. The first-order chi connectivity index (χ1) is 15.7. The Morgan fingerprint density at radius 2 is 1.72 bits per heavy atom. The average molecular weight is 538 g/mol.